The second kappa shape index (κ2) is 15.5. The number of hydrogen-bond donors (Lipinski definition) is 1. The monoisotopic (exact) mass is 427 g/mol. The van der Waals surface area contributed by atoms with Crippen LogP contribution >= 0.6 is 0 Å². The molecule has 1 aromatic rings. The number of morpholine rings is 1. The van der Waals surface area contributed by atoms with Gasteiger partial charge in [0.1, 0.15) is 11.9 Å². The van der Waals surface area contributed by atoms with Crippen molar-refractivity contribution >= 4 is 23.4 Å². The van der Waals surface area contributed by atoms with E-state index in [1.54, 1.807) is 12.1 Å². The highest BCUT2D eigenvalue weighted by Gasteiger charge is 2.32. The molecule has 0 saturated carbocycles. The molecular formula is C22H38FN3O4. The average molecular weight is 428 g/mol. The molecule has 172 valence electrons. The van der Waals surface area contributed by atoms with Crippen LogP contribution < -0.4 is 15.1 Å². The second-order valence-corrected chi connectivity index (χ2v) is 5.79. The maximum Gasteiger partial charge on any atom is 0.414 e. The minimum Gasteiger partial charge on any atom is -0.442 e. The molecule has 1 unspecified atom stereocenters. The lowest BCUT2D eigenvalue weighted by Gasteiger charge is -2.29. The topological polar surface area (TPSA) is 71.1 Å². The molecule has 0 aromatic heterocycles. The van der Waals surface area contributed by atoms with Crippen LogP contribution in [0.3, 0.4) is 0 Å². The van der Waals surface area contributed by atoms with E-state index in [-0.39, 0.29) is 24.8 Å². The molecular weight excluding hydrogens is 389 g/mol. The number of nitrogens with one attached hydrogen (secondary N) is 1. The first-order valence-electron chi connectivity index (χ1n) is 10.9. The molecule has 0 spiro atoms. The Morgan fingerprint density at radius 2 is 1.73 bits per heavy atom. The number of hydrogen-bond acceptors (Lipinski definition) is 5. The van der Waals surface area contributed by atoms with Crippen molar-refractivity contribution in [2.45, 2.75) is 54.6 Å². The molecule has 0 aliphatic carbocycles. The highest BCUT2D eigenvalue weighted by atomic mass is 19.1. The van der Waals surface area contributed by atoms with Gasteiger partial charge in [-0.15, -0.1) is 0 Å². The Balaban J connectivity index is 0.00000129. The first kappa shape index (κ1) is 27.6. The van der Waals surface area contributed by atoms with Gasteiger partial charge in [0.2, 0.25) is 5.91 Å². The Labute approximate surface area is 180 Å². The van der Waals surface area contributed by atoms with E-state index in [2.05, 4.69) is 5.32 Å². The van der Waals surface area contributed by atoms with Crippen LogP contribution in [0, 0.1) is 5.82 Å². The summed E-state index contributed by atoms with van der Waals surface area (Å²) in [5.74, 6) is -0.571. The predicted octanol–water partition coefficient (Wildman–Crippen LogP) is 4.20. The number of carbonyl (C=O) groups is 2. The zero-order valence-corrected chi connectivity index (χ0v) is 19.5. The second-order valence-electron chi connectivity index (χ2n) is 5.79. The van der Waals surface area contributed by atoms with E-state index in [4.69, 9.17) is 9.47 Å². The summed E-state index contributed by atoms with van der Waals surface area (Å²) in [6.07, 6.45) is -0.979. The van der Waals surface area contributed by atoms with Crippen molar-refractivity contribution in [3.63, 3.8) is 0 Å². The maximum absolute atomic E-state index is 14.4. The average Bonchev–Trinajstić information content (AvgIpc) is 3.17. The molecule has 8 heteroatoms. The van der Waals surface area contributed by atoms with Crippen molar-refractivity contribution in [1.29, 1.82) is 0 Å². The number of carbonyl (C=O) groups excluding carboxylic acids is 2. The Kier molecular flexibility index (Phi) is 14.3. The van der Waals surface area contributed by atoms with Gasteiger partial charge in [-0.25, -0.2) is 9.18 Å². The van der Waals surface area contributed by atoms with Gasteiger partial charge in [-0.3, -0.25) is 9.69 Å². The van der Waals surface area contributed by atoms with E-state index < -0.39 is 12.2 Å². The van der Waals surface area contributed by atoms with Gasteiger partial charge in [-0.1, -0.05) is 41.5 Å². The molecule has 7 nitrogen and oxygen atoms in total. The van der Waals surface area contributed by atoms with Gasteiger partial charge >= 0.3 is 6.09 Å². The zero-order valence-electron chi connectivity index (χ0n) is 19.5. The minimum absolute atomic E-state index is 0.189. The van der Waals surface area contributed by atoms with E-state index in [9.17, 15) is 14.0 Å². The molecule has 2 saturated heterocycles. The van der Waals surface area contributed by atoms with Crippen LogP contribution in [0.2, 0.25) is 0 Å². The lowest BCUT2D eigenvalue weighted by atomic mass is 10.2. The smallest absolute Gasteiger partial charge is 0.414 e. The Bertz CT molecular complexity index is 637. The quantitative estimate of drug-likeness (QED) is 0.780. The summed E-state index contributed by atoms with van der Waals surface area (Å²) in [7, 11) is 0. The van der Waals surface area contributed by atoms with Crippen molar-refractivity contribution in [2.24, 2.45) is 0 Å². The van der Waals surface area contributed by atoms with Crippen LogP contribution in [0.25, 0.3) is 0 Å². The standard InChI is InChI=1S/C16H20FN3O4.3C2H6/c1-11(21)18-9-13-10-20(16(22)24-13)12-2-3-15(14(17)8-12)19-4-6-23-7-5-19;3*1-2/h2-3,8,13H,4-7,9-10H2,1H3,(H,18,21);3*1-2H3. The van der Waals surface area contributed by atoms with Gasteiger partial charge in [0, 0.05) is 20.0 Å². The van der Waals surface area contributed by atoms with Gasteiger partial charge in [0.15, 0.2) is 0 Å². The molecule has 2 aliphatic rings. The van der Waals surface area contributed by atoms with E-state index in [0.717, 1.165) is 0 Å². The summed E-state index contributed by atoms with van der Waals surface area (Å²) in [6, 6.07) is 4.72. The molecule has 2 heterocycles. The SMILES string of the molecule is CC.CC.CC.CC(=O)NCC1CN(c2ccc(N3CCOCC3)c(F)c2)C(=O)O1. The number of anilines is 2. The first-order valence-corrected chi connectivity index (χ1v) is 10.9. The van der Waals surface area contributed by atoms with Crippen LogP contribution in [0.1, 0.15) is 48.5 Å². The third-order valence-electron chi connectivity index (χ3n) is 4.05. The van der Waals surface area contributed by atoms with Gasteiger partial charge in [-0.05, 0) is 18.2 Å². The minimum atomic E-state index is -0.538. The number of cyclic esters (lactones) is 1. The number of nitrogens with zero attached hydrogens (tertiary/aromatic N) is 2. The highest BCUT2D eigenvalue weighted by molar-refractivity contribution is 5.90. The van der Waals surface area contributed by atoms with E-state index >= 15 is 0 Å². The third kappa shape index (κ3) is 8.18. The summed E-state index contributed by atoms with van der Waals surface area (Å²) in [4.78, 5) is 26.2. The fourth-order valence-electron chi connectivity index (χ4n) is 2.82. The summed E-state index contributed by atoms with van der Waals surface area (Å²) in [5.41, 5.74) is 0.948. The van der Waals surface area contributed by atoms with Crippen molar-refractivity contribution in [1.82, 2.24) is 5.32 Å². The molecule has 2 fully saturated rings. The lowest BCUT2D eigenvalue weighted by molar-refractivity contribution is -0.119. The molecule has 3 rings (SSSR count). The van der Waals surface area contributed by atoms with Crippen LogP contribution in [-0.4, -0.2) is 57.5 Å². The first-order chi connectivity index (χ1) is 14.5. The van der Waals surface area contributed by atoms with E-state index in [1.807, 2.05) is 46.4 Å². The van der Waals surface area contributed by atoms with E-state index in [0.29, 0.717) is 37.7 Å². The zero-order chi connectivity index (χ0) is 23.1. The number of rotatable bonds is 4. The van der Waals surface area contributed by atoms with Crippen LogP contribution in [0.15, 0.2) is 18.2 Å². The van der Waals surface area contributed by atoms with Crippen molar-refractivity contribution < 1.29 is 23.5 Å². The fourth-order valence-corrected chi connectivity index (χ4v) is 2.82. The Hall–Kier alpha value is -2.35. The molecule has 0 bridgehead atoms. The fraction of sp³-hybridized carbons (Fsp3) is 0.636. The van der Waals surface area contributed by atoms with Crippen LogP contribution in [0.5, 0.6) is 0 Å². The Morgan fingerprint density at radius 3 is 2.27 bits per heavy atom. The predicted molar refractivity (Wildman–Crippen MR) is 120 cm³/mol. The molecule has 0 radical (unpaired) electrons. The van der Waals surface area contributed by atoms with Gasteiger partial charge in [0.05, 0.1) is 37.7 Å². The molecule has 2 aliphatic heterocycles. The van der Waals surface area contributed by atoms with Crippen molar-refractivity contribution in [3.05, 3.63) is 24.0 Å². The van der Waals surface area contributed by atoms with Gasteiger partial charge < -0.3 is 19.7 Å². The normalized spacial score (nSPS) is 17.3. The van der Waals surface area contributed by atoms with Crippen molar-refractivity contribution in [2.75, 3.05) is 49.2 Å². The molecule has 1 aromatic carbocycles. The van der Waals surface area contributed by atoms with Crippen LogP contribution in [-0.2, 0) is 14.3 Å². The summed E-state index contributed by atoms with van der Waals surface area (Å²) < 4.78 is 24.9. The summed E-state index contributed by atoms with van der Waals surface area (Å²) in [5, 5.41) is 2.61. The molecule has 1 N–H and O–H groups in total. The molecule has 1 atom stereocenters. The number of amides is 2. The lowest BCUT2D eigenvalue weighted by Crippen LogP contribution is -2.36. The third-order valence-corrected chi connectivity index (χ3v) is 4.05. The Morgan fingerprint density at radius 1 is 1.13 bits per heavy atom. The van der Waals surface area contributed by atoms with Crippen molar-refractivity contribution in [3.8, 4) is 0 Å². The molecule has 30 heavy (non-hydrogen) atoms. The highest BCUT2D eigenvalue weighted by Crippen LogP contribution is 2.28. The van der Waals surface area contributed by atoms with Crippen LogP contribution in [0.4, 0.5) is 20.6 Å². The van der Waals surface area contributed by atoms with E-state index in [1.165, 1.54) is 17.9 Å². The number of ether oxygens (including phenoxy) is 2. The van der Waals surface area contributed by atoms with Gasteiger partial charge in [0.25, 0.3) is 0 Å². The number of benzene rings is 1. The summed E-state index contributed by atoms with van der Waals surface area (Å²) in [6.45, 7) is 16.3. The number of halogens is 1. The summed E-state index contributed by atoms with van der Waals surface area (Å²) >= 11 is 0. The maximum atomic E-state index is 14.4. The molecule has 2 amide bonds. The van der Waals surface area contributed by atoms with Gasteiger partial charge in [-0.2, -0.15) is 0 Å². The largest absolute Gasteiger partial charge is 0.442 e.